The number of ether oxygens (including phenoxy) is 1. The fraction of sp³-hybridized carbons (Fsp3) is 0.455. The fourth-order valence-corrected chi connectivity index (χ4v) is 2.19. The zero-order valence-electron chi connectivity index (χ0n) is 9.73. The molecule has 0 bridgehead atoms. The quantitative estimate of drug-likeness (QED) is 0.856. The number of nitrogens with one attached hydrogen (secondary N) is 1. The third-order valence-electron chi connectivity index (χ3n) is 2.08. The van der Waals surface area contributed by atoms with Crippen molar-refractivity contribution in [1.29, 1.82) is 0 Å². The molecule has 1 aromatic rings. The minimum Gasteiger partial charge on any atom is -0.494 e. The molecule has 0 heterocycles. The molecule has 0 aliphatic heterocycles. The molecule has 1 N–H and O–H groups in total. The van der Waals surface area contributed by atoms with Gasteiger partial charge in [0.25, 0.3) is 0 Å². The predicted molar refractivity (Wildman–Crippen MR) is 64.0 cm³/mol. The van der Waals surface area contributed by atoms with Crippen molar-refractivity contribution in [2.24, 2.45) is 0 Å². The van der Waals surface area contributed by atoms with Crippen LogP contribution in [0.4, 0.5) is 0 Å². The highest BCUT2D eigenvalue weighted by molar-refractivity contribution is 7.88. The molecule has 1 atom stereocenters. The smallest absolute Gasteiger partial charge is 0.209 e. The highest BCUT2D eigenvalue weighted by Gasteiger charge is 2.10. The van der Waals surface area contributed by atoms with Crippen LogP contribution in [0, 0.1) is 0 Å². The summed E-state index contributed by atoms with van der Waals surface area (Å²) >= 11 is 0. The first kappa shape index (κ1) is 13.0. The summed E-state index contributed by atoms with van der Waals surface area (Å²) in [6.45, 7) is 4.34. The summed E-state index contributed by atoms with van der Waals surface area (Å²) < 4.78 is 29.9. The fourth-order valence-electron chi connectivity index (χ4n) is 1.41. The van der Waals surface area contributed by atoms with Crippen molar-refractivity contribution in [2.45, 2.75) is 19.9 Å². The van der Waals surface area contributed by atoms with E-state index in [4.69, 9.17) is 4.74 Å². The molecule has 16 heavy (non-hydrogen) atoms. The van der Waals surface area contributed by atoms with E-state index in [9.17, 15) is 8.42 Å². The molecule has 4 nitrogen and oxygen atoms in total. The van der Waals surface area contributed by atoms with E-state index in [0.717, 1.165) is 17.6 Å². The highest BCUT2D eigenvalue weighted by atomic mass is 32.2. The maximum Gasteiger partial charge on any atom is 0.209 e. The lowest BCUT2D eigenvalue weighted by molar-refractivity contribution is 0.340. The van der Waals surface area contributed by atoms with Crippen LogP contribution in [-0.4, -0.2) is 21.3 Å². The van der Waals surface area contributed by atoms with E-state index >= 15 is 0 Å². The van der Waals surface area contributed by atoms with Crippen molar-refractivity contribution >= 4 is 10.0 Å². The van der Waals surface area contributed by atoms with E-state index in [0.29, 0.717) is 6.61 Å². The van der Waals surface area contributed by atoms with Gasteiger partial charge in [-0.25, -0.2) is 13.1 Å². The molecule has 0 radical (unpaired) electrons. The Bertz CT molecular complexity index is 425. The third kappa shape index (κ3) is 4.20. The lowest BCUT2D eigenvalue weighted by Crippen LogP contribution is -2.25. The molecule has 0 aliphatic carbocycles. The van der Waals surface area contributed by atoms with Crippen LogP contribution in [0.1, 0.15) is 25.5 Å². The van der Waals surface area contributed by atoms with Crippen molar-refractivity contribution in [3.05, 3.63) is 29.8 Å². The van der Waals surface area contributed by atoms with Crippen molar-refractivity contribution in [1.82, 2.24) is 4.72 Å². The average Bonchev–Trinajstić information content (AvgIpc) is 2.16. The van der Waals surface area contributed by atoms with Crippen molar-refractivity contribution in [3.63, 3.8) is 0 Å². The van der Waals surface area contributed by atoms with Crippen molar-refractivity contribution < 1.29 is 13.2 Å². The van der Waals surface area contributed by atoms with Gasteiger partial charge in [0, 0.05) is 6.04 Å². The zero-order chi connectivity index (χ0) is 12.2. The second kappa shape index (κ2) is 5.32. The SMILES string of the molecule is CCOc1ccc(C(C)NS(C)(=O)=O)cc1. The predicted octanol–water partition coefficient (Wildman–Crippen LogP) is 1.70. The molecule has 5 heteroatoms. The van der Waals surface area contributed by atoms with Gasteiger partial charge in [0.2, 0.25) is 10.0 Å². The van der Waals surface area contributed by atoms with Crippen LogP contribution in [0.25, 0.3) is 0 Å². The van der Waals surface area contributed by atoms with E-state index < -0.39 is 10.0 Å². The van der Waals surface area contributed by atoms with Gasteiger partial charge >= 0.3 is 0 Å². The van der Waals surface area contributed by atoms with Gasteiger partial charge in [-0.15, -0.1) is 0 Å². The molecule has 0 spiro atoms. The lowest BCUT2D eigenvalue weighted by Gasteiger charge is -2.13. The number of rotatable bonds is 5. The standard InChI is InChI=1S/C11H17NO3S/c1-4-15-11-7-5-10(6-8-11)9(2)12-16(3,13)14/h5-9,12H,4H2,1-3H3. The average molecular weight is 243 g/mol. The first-order chi connectivity index (χ1) is 7.42. The molecule has 90 valence electrons. The Hall–Kier alpha value is -1.07. The number of benzene rings is 1. The second-order valence-corrected chi connectivity index (χ2v) is 5.39. The van der Waals surface area contributed by atoms with E-state index in [1.54, 1.807) is 6.92 Å². The highest BCUT2D eigenvalue weighted by Crippen LogP contribution is 2.17. The monoisotopic (exact) mass is 243 g/mol. The summed E-state index contributed by atoms with van der Waals surface area (Å²) in [6.07, 6.45) is 1.15. The summed E-state index contributed by atoms with van der Waals surface area (Å²) in [7, 11) is -3.17. The first-order valence-electron chi connectivity index (χ1n) is 5.12. The lowest BCUT2D eigenvalue weighted by atomic mass is 10.1. The summed E-state index contributed by atoms with van der Waals surface area (Å²) in [4.78, 5) is 0. The summed E-state index contributed by atoms with van der Waals surface area (Å²) in [5, 5.41) is 0. The molecule has 0 saturated heterocycles. The van der Waals surface area contributed by atoms with Crippen LogP contribution in [-0.2, 0) is 10.0 Å². The molecule has 0 aliphatic rings. The number of hydrogen-bond acceptors (Lipinski definition) is 3. The second-order valence-electron chi connectivity index (χ2n) is 3.61. The minimum atomic E-state index is -3.17. The molecule has 1 unspecified atom stereocenters. The van der Waals surface area contributed by atoms with Gasteiger partial charge in [-0.3, -0.25) is 0 Å². The Kier molecular flexibility index (Phi) is 4.32. The Labute approximate surface area is 96.7 Å². The number of sulfonamides is 1. The van der Waals surface area contributed by atoms with Crippen LogP contribution in [0.3, 0.4) is 0 Å². The molecule has 0 amide bonds. The molecular formula is C11H17NO3S. The van der Waals surface area contributed by atoms with Crippen molar-refractivity contribution in [2.75, 3.05) is 12.9 Å². The van der Waals surface area contributed by atoms with E-state index in [2.05, 4.69) is 4.72 Å². The van der Waals surface area contributed by atoms with Gasteiger partial charge in [0.15, 0.2) is 0 Å². The maximum absolute atomic E-state index is 11.0. The summed E-state index contributed by atoms with van der Waals surface area (Å²) in [6, 6.07) is 7.14. The Morgan fingerprint density at radius 3 is 2.31 bits per heavy atom. The molecule has 1 rings (SSSR count). The molecule has 1 aromatic carbocycles. The van der Waals surface area contributed by atoms with Gasteiger partial charge < -0.3 is 4.74 Å². The molecular weight excluding hydrogens is 226 g/mol. The largest absolute Gasteiger partial charge is 0.494 e. The summed E-state index contributed by atoms with van der Waals surface area (Å²) in [5.41, 5.74) is 0.911. The normalized spacial score (nSPS) is 13.4. The Morgan fingerprint density at radius 1 is 1.31 bits per heavy atom. The van der Waals surface area contributed by atoms with Crippen LogP contribution in [0.2, 0.25) is 0 Å². The summed E-state index contributed by atoms with van der Waals surface area (Å²) in [5.74, 6) is 0.790. The van der Waals surface area contributed by atoms with Crippen LogP contribution < -0.4 is 9.46 Å². The van der Waals surface area contributed by atoms with Gasteiger partial charge in [-0.05, 0) is 31.5 Å². The Balaban J connectivity index is 2.74. The zero-order valence-corrected chi connectivity index (χ0v) is 10.5. The minimum absolute atomic E-state index is 0.231. The van der Waals surface area contributed by atoms with Gasteiger partial charge in [-0.2, -0.15) is 0 Å². The van der Waals surface area contributed by atoms with Crippen LogP contribution in [0.5, 0.6) is 5.75 Å². The Morgan fingerprint density at radius 2 is 1.88 bits per heavy atom. The molecule has 0 fully saturated rings. The van der Waals surface area contributed by atoms with Gasteiger partial charge in [-0.1, -0.05) is 12.1 Å². The number of hydrogen-bond donors (Lipinski definition) is 1. The molecule has 0 aromatic heterocycles. The van der Waals surface area contributed by atoms with E-state index in [1.807, 2.05) is 31.2 Å². The first-order valence-corrected chi connectivity index (χ1v) is 7.01. The molecule has 0 saturated carbocycles. The third-order valence-corrected chi connectivity index (χ3v) is 2.86. The maximum atomic E-state index is 11.0. The van der Waals surface area contributed by atoms with Crippen LogP contribution in [0.15, 0.2) is 24.3 Å². The van der Waals surface area contributed by atoms with Crippen LogP contribution >= 0.6 is 0 Å². The van der Waals surface area contributed by atoms with Crippen molar-refractivity contribution in [3.8, 4) is 5.75 Å². The van der Waals surface area contributed by atoms with E-state index in [-0.39, 0.29) is 6.04 Å². The topological polar surface area (TPSA) is 55.4 Å². The van der Waals surface area contributed by atoms with Gasteiger partial charge in [0.1, 0.15) is 5.75 Å². The van der Waals surface area contributed by atoms with Gasteiger partial charge in [0.05, 0.1) is 12.9 Å². The van der Waals surface area contributed by atoms with E-state index in [1.165, 1.54) is 0 Å².